The highest BCUT2D eigenvalue weighted by atomic mass is 16.6. The first-order valence-electron chi connectivity index (χ1n) is 8.76. The molecule has 0 aliphatic heterocycles. The summed E-state index contributed by atoms with van der Waals surface area (Å²) in [5.74, 6) is -0.0959. The number of carbonyl (C=O) groups excluding carboxylic acids is 1. The minimum Gasteiger partial charge on any atom is -0.352 e. The van der Waals surface area contributed by atoms with Gasteiger partial charge in [-0.3, -0.25) is 14.9 Å². The fraction of sp³-hybridized carbons (Fsp3) is 0.286. The van der Waals surface area contributed by atoms with Crippen molar-refractivity contribution in [1.29, 1.82) is 0 Å². The van der Waals surface area contributed by atoms with Gasteiger partial charge in [-0.2, -0.15) is 0 Å². The zero-order valence-corrected chi connectivity index (χ0v) is 14.7. The first-order chi connectivity index (χ1) is 12.5. The van der Waals surface area contributed by atoms with E-state index in [1.54, 1.807) is 12.1 Å². The summed E-state index contributed by atoms with van der Waals surface area (Å²) in [6.07, 6.45) is 3.60. The van der Waals surface area contributed by atoms with Crippen molar-refractivity contribution >= 4 is 11.6 Å². The molecule has 2 aromatic rings. The van der Waals surface area contributed by atoms with E-state index in [-0.39, 0.29) is 23.4 Å². The molecule has 0 saturated heterocycles. The molecule has 1 aliphatic carbocycles. The van der Waals surface area contributed by atoms with Crippen LogP contribution in [-0.4, -0.2) is 10.8 Å². The maximum Gasteiger partial charge on any atom is 0.269 e. The molecule has 1 aliphatic rings. The van der Waals surface area contributed by atoms with Gasteiger partial charge in [0.15, 0.2) is 0 Å². The van der Waals surface area contributed by atoms with Crippen LogP contribution in [0.1, 0.15) is 36.8 Å². The van der Waals surface area contributed by atoms with Gasteiger partial charge in [0.2, 0.25) is 5.91 Å². The molecule has 26 heavy (non-hydrogen) atoms. The van der Waals surface area contributed by atoms with E-state index in [0.717, 1.165) is 17.5 Å². The molecule has 1 amide bonds. The fourth-order valence-electron chi connectivity index (χ4n) is 3.46. The van der Waals surface area contributed by atoms with Gasteiger partial charge in [-0.25, -0.2) is 0 Å². The highest BCUT2D eigenvalue weighted by Crippen LogP contribution is 2.38. The Kier molecular flexibility index (Phi) is 5.46. The predicted molar refractivity (Wildman–Crippen MR) is 101 cm³/mol. The summed E-state index contributed by atoms with van der Waals surface area (Å²) in [5, 5.41) is 13.9. The van der Waals surface area contributed by atoms with Crippen LogP contribution in [0.25, 0.3) is 0 Å². The molecule has 0 aromatic heterocycles. The lowest BCUT2D eigenvalue weighted by Gasteiger charge is -2.30. The number of carbonyl (C=O) groups is 1. The fourth-order valence-corrected chi connectivity index (χ4v) is 3.46. The second-order valence-corrected chi connectivity index (χ2v) is 6.76. The summed E-state index contributed by atoms with van der Waals surface area (Å²) in [6.45, 7) is 2.57. The summed E-state index contributed by atoms with van der Waals surface area (Å²) in [5.41, 5.74) is 3.36. The average Bonchev–Trinajstić information content (AvgIpc) is 2.67. The molecule has 5 nitrogen and oxygen atoms in total. The largest absolute Gasteiger partial charge is 0.352 e. The minimum atomic E-state index is -0.403. The molecule has 134 valence electrons. The predicted octanol–water partition coefficient (Wildman–Crippen LogP) is 4.35. The molecule has 3 rings (SSSR count). The molecule has 0 fully saturated rings. The van der Waals surface area contributed by atoms with Crippen LogP contribution < -0.4 is 5.32 Å². The van der Waals surface area contributed by atoms with Crippen LogP contribution >= 0.6 is 0 Å². The molecule has 0 heterocycles. The molecule has 2 aromatic carbocycles. The molecule has 1 N–H and O–H groups in total. The van der Waals surface area contributed by atoms with Gasteiger partial charge in [0, 0.05) is 24.6 Å². The number of rotatable bonds is 5. The number of benzene rings is 2. The summed E-state index contributed by atoms with van der Waals surface area (Å²) >= 11 is 0. The van der Waals surface area contributed by atoms with E-state index in [1.165, 1.54) is 17.7 Å². The Balaban J connectivity index is 1.75. The third kappa shape index (κ3) is 4.17. The summed E-state index contributed by atoms with van der Waals surface area (Å²) < 4.78 is 0. The number of hydrogen-bond acceptors (Lipinski definition) is 3. The van der Waals surface area contributed by atoms with E-state index >= 15 is 0 Å². The van der Waals surface area contributed by atoms with Crippen molar-refractivity contribution < 1.29 is 9.72 Å². The van der Waals surface area contributed by atoms with E-state index in [0.29, 0.717) is 13.0 Å². The summed E-state index contributed by atoms with van der Waals surface area (Å²) in [6, 6.07) is 16.4. The van der Waals surface area contributed by atoms with Crippen LogP contribution in [-0.2, 0) is 11.3 Å². The van der Waals surface area contributed by atoms with E-state index in [1.807, 2.05) is 30.3 Å². The Morgan fingerprint density at radius 3 is 2.50 bits per heavy atom. The van der Waals surface area contributed by atoms with Crippen molar-refractivity contribution in [3.05, 3.63) is 87.5 Å². The first-order valence-corrected chi connectivity index (χ1v) is 8.76. The topological polar surface area (TPSA) is 72.2 Å². The van der Waals surface area contributed by atoms with E-state index in [4.69, 9.17) is 0 Å². The highest BCUT2D eigenvalue weighted by molar-refractivity contribution is 5.80. The average molecular weight is 350 g/mol. The lowest BCUT2D eigenvalue weighted by molar-refractivity contribution is -0.384. The monoisotopic (exact) mass is 350 g/mol. The Hall–Kier alpha value is -2.95. The maximum absolute atomic E-state index is 12.8. The lowest BCUT2D eigenvalue weighted by atomic mass is 9.75. The van der Waals surface area contributed by atoms with Gasteiger partial charge in [-0.15, -0.1) is 0 Å². The van der Waals surface area contributed by atoms with Gasteiger partial charge < -0.3 is 5.32 Å². The summed E-state index contributed by atoms with van der Waals surface area (Å²) in [4.78, 5) is 23.3. The van der Waals surface area contributed by atoms with Crippen LogP contribution in [0.15, 0.2) is 66.2 Å². The molecule has 2 atom stereocenters. The third-order valence-electron chi connectivity index (χ3n) is 4.93. The van der Waals surface area contributed by atoms with E-state index in [2.05, 4.69) is 18.3 Å². The third-order valence-corrected chi connectivity index (χ3v) is 4.93. The molecular formula is C21H22N2O3. The lowest BCUT2D eigenvalue weighted by Crippen LogP contribution is -2.35. The standard InChI is InChI=1S/C21H22N2O3/c1-15-7-12-19(21(24)22-14-16-5-3-2-4-6-16)20(13-15)17-8-10-18(11-9-17)23(25)26/h2-11,19-20H,12-14H2,1H3,(H,22,24). The van der Waals surface area contributed by atoms with Gasteiger partial charge >= 0.3 is 0 Å². The van der Waals surface area contributed by atoms with Crippen molar-refractivity contribution in [2.24, 2.45) is 5.92 Å². The van der Waals surface area contributed by atoms with Crippen LogP contribution in [0.3, 0.4) is 0 Å². The van der Waals surface area contributed by atoms with Crippen LogP contribution in [0, 0.1) is 16.0 Å². The smallest absolute Gasteiger partial charge is 0.269 e. The highest BCUT2D eigenvalue weighted by Gasteiger charge is 2.31. The SMILES string of the molecule is CC1=CCC(C(=O)NCc2ccccc2)C(c2ccc([N+](=O)[O-])cc2)C1. The van der Waals surface area contributed by atoms with Crippen molar-refractivity contribution in [3.63, 3.8) is 0 Å². The van der Waals surface area contributed by atoms with Gasteiger partial charge in [0.05, 0.1) is 4.92 Å². The van der Waals surface area contributed by atoms with Crippen LogP contribution in [0.5, 0.6) is 0 Å². The quantitative estimate of drug-likeness (QED) is 0.495. The zero-order chi connectivity index (χ0) is 18.5. The second-order valence-electron chi connectivity index (χ2n) is 6.76. The molecule has 5 heteroatoms. The number of amides is 1. The number of hydrogen-bond donors (Lipinski definition) is 1. The van der Waals surface area contributed by atoms with E-state index < -0.39 is 4.92 Å². The molecule has 0 radical (unpaired) electrons. The number of nitro groups is 1. The zero-order valence-electron chi connectivity index (χ0n) is 14.7. The van der Waals surface area contributed by atoms with Crippen molar-refractivity contribution in [3.8, 4) is 0 Å². The van der Waals surface area contributed by atoms with Crippen molar-refractivity contribution in [2.75, 3.05) is 0 Å². The Labute approximate surface area is 152 Å². The maximum atomic E-state index is 12.8. The first kappa shape index (κ1) is 17.9. The van der Waals surface area contributed by atoms with Crippen molar-refractivity contribution in [2.45, 2.75) is 32.2 Å². The van der Waals surface area contributed by atoms with Gasteiger partial charge in [-0.05, 0) is 36.8 Å². The Morgan fingerprint density at radius 2 is 1.85 bits per heavy atom. The van der Waals surface area contributed by atoms with Crippen molar-refractivity contribution in [1.82, 2.24) is 5.32 Å². The Bertz CT molecular complexity index is 813. The van der Waals surface area contributed by atoms with Crippen LogP contribution in [0.2, 0.25) is 0 Å². The molecule has 0 bridgehead atoms. The number of nitrogens with one attached hydrogen (secondary N) is 1. The number of allylic oxidation sites excluding steroid dienone is 2. The second kappa shape index (κ2) is 7.95. The molecule has 2 unspecified atom stereocenters. The van der Waals surface area contributed by atoms with Crippen LogP contribution in [0.4, 0.5) is 5.69 Å². The molecular weight excluding hydrogens is 328 g/mol. The Morgan fingerprint density at radius 1 is 1.15 bits per heavy atom. The van der Waals surface area contributed by atoms with Gasteiger partial charge in [0.25, 0.3) is 5.69 Å². The minimum absolute atomic E-state index is 0.0287. The van der Waals surface area contributed by atoms with E-state index in [9.17, 15) is 14.9 Å². The molecule has 0 spiro atoms. The van der Waals surface area contributed by atoms with Gasteiger partial charge in [-0.1, -0.05) is 54.1 Å². The number of nitrogens with zero attached hydrogens (tertiary/aromatic N) is 1. The molecule has 0 saturated carbocycles. The number of nitro benzene ring substituents is 1. The number of non-ortho nitro benzene ring substituents is 1. The summed E-state index contributed by atoms with van der Waals surface area (Å²) in [7, 11) is 0. The van der Waals surface area contributed by atoms with Gasteiger partial charge in [0.1, 0.15) is 0 Å². The normalized spacial score (nSPS) is 19.5.